The number of nitrogens with two attached hydrogens (primary N) is 1. The Labute approximate surface area is 444 Å². The molecule has 12 nitrogen and oxygen atoms in total. The molecule has 8 atom stereocenters. The molecule has 4 aliphatic heterocycles. The van der Waals surface area contributed by atoms with E-state index in [9.17, 15) is 25.2 Å². The number of phenols is 2. The number of ketones is 1. The molecule has 4 aromatic rings. The van der Waals surface area contributed by atoms with Gasteiger partial charge in [-0.05, 0) is 122 Å². The fraction of sp³-hybridized carbons (Fsp3) is 0.500. The lowest BCUT2D eigenvalue weighted by atomic mass is 9.72. The molecule has 6 aliphatic rings. The number of rotatable bonds is 7. The maximum absolute atomic E-state index is 13.3. The Morgan fingerprint density at radius 3 is 2.53 bits per heavy atom. The molecule has 0 saturated heterocycles. The molecular formula is C60H72N4O8S2. The van der Waals surface area contributed by atoms with E-state index >= 15 is 0 Å². The second-order valence-corrected chi connectivity index (χ2v) is 23.9. The van der Waals surface area contributed by atoms with Crippen LogP contribution in [0.1, 0.15) is 110 Å². The van der Waals surface area contributed by atoms with E-state index in [0.717, 1.165) is 84.1 Å². The first-order valence-corrected chi connectivity index (χ1v) is 29.0. The quantitative estimate of drug-likeness (QED) is 0.0692. The molecule has 74 heavy (non-hydrogen) atoms. The zero-order chi connectivity index (χ0) is 51.8. The van der Waals surface area contributed by atoms with Crippen LogP contribution in [0.2, 0.25) is 0 Å². The number of phenolic OH excluding ortho intramolecular Hbond substituents is 2. The molecule has 0 amide bonds. The number of aryl methyl sites for hydroxylation is 4. The number of hydrogen-bond acceptors (Lipinski definition) is 14. The van der Waals surface area contributed by atoms with Gasteiger partial charge in [0.15, 0.2) is 29.0 Å². The highest BCUT2D eigenvalue weighted by atomic mass is 33.1. The number of aliphatic hydroxyl groups is 2. The number of nitrogens with one attached hydrogen (secondary N) is 2. The van der Waals surface area contributed by atoms with E-state index in [1.54, 1.807) is 33.7 Å². The van der Waals surface area contributed by atoms with Crippen LogP contribution in [0.25, 0.3) is 0 Å². The molecule has 4 aromatic carbocycles. The van der Waals surface area contributed by atoms with E-state index in [1.165, 1.54) is 12.7 Å². The minimum absolute atomic E-state index is 0.00578. The summed E-state index contributed by atoms with van der Waals surface area (Å²) in [5.41, 5.74) is 13.7. The number of aliphatic imine (C=N–C) groups is 1. The number of carbonyl (C=O) groups excluding carboxylic acids is 1. The molecule has 0 unspecified atom stereocenters. The molecule has 14 heteroatoms. The Morgan fingerprint density at radius 2 is 1.70 bits per heavy atom. The zero-order valence-electron chi connectivity index (χ0n) is 43.0. The van der Waals surface area contributed by atoms with Gasteiger partial charge in [-0.3, -0.25) is 10.1 Å². The molecule has 6 bridgehead atoms. The monoisotopic (exact) mass is 1040 g/mol. The van der Waals surface area contributed by atoms with Gasteiger partial charge in [0.2, 0.25) is 6.29 Å². The number of carbonyl (C=O) groups is 1. The smallest absolute Gasteiger partial charge is 0.201 e. The Kier molecular flexibility index (Phi) is 17.6. The van der Waals surface area contributed by atoms with Gasteiger partial charge in [0.05, 0.1) is 30.9 Å². The predicted octanol–water partition coefficient (Wildman–Crippen LogP) is 8.37. The number of aromatic hydroxyl groups is 2. The van der Waals surface area contributed by atoms with Crippen LogP contribution in [0.15, 0.2) is 71.7 Å². The third kappa shape index (κ3) is 13.1. The summed E-state index contributed by atoms with van der Waals surface area (Å²) in [6.07, 6.45) is 6.78. The van der Waals surface area contributed by atoms with Crippen molar-refractivity contribution in [1.29, 1.82) is 0 Å². The first-order chi connectivity index (χ1) is 35.8. The summed E-state index contributed by atoms with van der Waals surface area (Å²) in [5.74, 6) is 17.0. The fourth-order valence-electron chi connectivity index (χ4n) is 11.6. The maximum Gasteiger partial charge on any atom is 0.201 e. The van der Waals surface area contributed by atoms with Crippen LogP contribution in [-0.4, -0.2) is 87.5 Å². The summed E-state index contributed by atoms with van der Waals surface area (Å²) >= 11 is 0. The van der Waals surface area contributed by atoms with Gasteiger partial charge in [0, 0.05) is 65.7 Å². The third-order valence-corrected chi connectivity index (χ3v) is 18.2. The fourth-order valence-corrected chi connectivity index (χ4v) is 14.5. The lowest BCUT2D eigenvalue weighted by Crippen LogP contribution is -2.52. The number of methoxy groups -OCH3 is 1. The van der Waals surface area contributed by atoms with Crippen molar-refractivity contribution in [3.05, 3.63) is 111 Å². The number of benzene rings is 4. The van der Waals surface area contributed by atoms with Crippen LogP contribution >= 0.6 is 21.6 Å². The Balaban J connectivity index is 1.10. The van der Waals surface area contributed by atoms with Crippen LogP contribution in [-0.2, 0) is 49.7 Å². The van der Waals surface area contributed by atoms with E-state index in [4.69, 9.17) is 24.9 Å². The van der Waals surface area contributed by atoms with Gasteiger partial charge in [-0.25, -0.2) is 4.99 Å². The van der Waals surface area contributed by atoms with Gasteiger partial charge < -0.3 is 45.7 Å². The molecule has 392 valence electrons. The summed E-state index contributed by atoms with van der Waals surface area (Å²) < 4.78 is 19.4. The Hall–Kier alpha value is -5.48. The summed E-state index contributed by atoms with van der Waals surface area (Å²) in [6.45, 7) is 4.44. The average Bonchev–Trinajstić information content (AvgIpc) is 3.37. The zero-order valence-corrected chi connectivity index (χ0v) is 44.6. The first-order valence-electron chi connectivity index (χ1n) is 26.5. The molecule has 1 saturated carbocycles. The molecular weight excluding hydrogens is 969 g/mol. The van der Waals surface area contributed by atoms with Crippen molar-refractivity contribution in [2.75, 3.05) is 25.3 Å². The van der Waals surface area contributed by atoms with E-state index in [2.05, 4.69) is 84.6 Å². The van der Waals surface area contributed by atoms with Crippen molar-refractivity contribution in [1.82, 2.24) is 10.6 Å². The second kappa shape index (κ2) is 24.5. The van der Waals surface area contributed by atoms with E-state index in [1.807, 2.05) is 18.2 Å². The minimum atomic E-state index is -1.22. The van der Waals surface area contributed by atoms with Crippen LogP contribution in [0.5, 0.6) is 28.7 Å². The number of hydrogen-bond donors (Lipinski definition) is 7. The van der Waals surface area contributed by atoms with Crippen LogP contribution in [0.3, 0.4) is 0 Å². The Morgan fingerprint density at radius 1 is 0.892 bits per heavy atom. The number of nitrogens with zero attached hydrogens (tertiary/aromatic N) is 1. The molecule has 2 aliphatic carbocycles. The highest BCUT2D eigenvalue weighted by molar-refractivity contribution is 8.76. The largest absolute Gasteiger partial charge is 0.508 e. The summed E-state index contributed by atoms with van der Waals surface area (Å²) in [7, 11) is 5.02. The standard InChI is InChI=1S/C60H72N4O8S2/c1-37(2)53-35-74-73-34-51-50-32-49-43-19-22-46(66)31-45(65)21-18-42-20-23-54(68)56(70-3)48(42)14-7-13-44(30-43)55(57(49)72-58(50)69)71-36-62-60(25-9-15-52(51)63-59(61)64-53)24-8-12-40(33-60)27-41-26-39(28-47(67)29-41)17-16-38-10-5-4-6-11-38/h4-6,10-11,20,23,26,28-30,37,40,46,50-53,58,62,66-69H,8,12-13,16-19,21-22,24-25,27,31-36H2,1-3H3,(H3,61,63,64)/t40-,46-,50+,51+,52-,53+,58-,60-/m1/s1. The van der Waals surface area contributed by atoms with Gasteiger partial charge in [0.1, 0.15) is 18.3 Å². The van der Waals surface area contributed by atoms with Crippen molar-refractivity contribution in [3.63, 3.8) is 0 Å². The number of Topliss-reactive ketones (excluding diaryl/α,β-unsaturated/α-hetero) is 1. The number of ether oxygens (including phenoxy) is 3. The first kappa shape index (κ1) is 53.3. The predicted molar refractivity (Wildman–Crippen MR) is 295 cm³/mol. The van der Waals surface area contributed by atoms with Gasteiger partial charge in [-0.1, -0.05) is 114 Å². The van der Waals surface area contributed by atoms with Crippen molar-refractivity contribution >= 4 is 33.3 Å². The van der Waals surface area contributed by atoms with E-state index < -0.39 is 29.9 Å². The van der Waals surface area contributed by atoms with Crippen molar-refractivity contribution in [2.45, 2.75) is 140 Å². The lowest BCUT2D eigenvalue weighted by Gasteiger charge is -2.42. The highest BCUT2D eigenvalue weighted by Gasteiger charge is 2.43. The van der Waals surface area contributed by atoms with Crippen molar-refractivity contribution < 1.29 is 39.4 Å². The van der Waals surface area contributed by atoms with Crippen LogP contribution in [0.4, 0.5) is 0 Å². The van der Waals surface area contributed by atoms with Crippen LogP contribution in [0, 0.1) is 47.4 Å². The molecule has 8 N–H and O–H groups in total. The molecule has 0 aromatic heterocycles. The number of guanidine groups is 1. The molecule has 4 heterocycles. The molecule has 1 fully saturated rings. The number of fused-ring (bicyclic) bond motifs is 7. The van der Waals surface area contributed by atoms with Crippen LogP contribution < -0.4 is 30.6 Å². The van der Waals surface area contributed by atoms with Gasteiger partial charge in [-0.2, -0.15) is 0 Å². The van der Waals surface area contributed by atoms with E-state index in [0.29, 0.717) is 72.5 Å². The highest BCUT2D eigenvalue weighted by Crippen LogP contribution is 2.47. The van der Waals surface area contributed by atoms with Gasteiger partial charge in [0.25, 0.3) is 0 Å². The number of aliphatic hydroxyl groups excluding tert-OH is 2. The molecule has 0 radical (unpaired) electrons. The minimum Gasteiger partial charge on any atom is -0.508 e. The van der Waals surface area contributed by atoms with E-state index in [-0.39, 0.29) is 61.2 Å². The molecule has 10 rings (SSSR count). The van der Waals surface area contributed by atoms with Crippen molar-refractivity contribution in [3.8, 4) is 52.4 Å². The maximum atomic E-state index is 13.3. The van der Waals surface area contributed by atoms with Gasteiger partial charge in [-0.15, -0.1) is 0 Å². The third-order valence-electron chi connectivity index (χ3n) is 15.7. The van der Waals surface area contributed by atoms with Gasteiger partial charge >= 0.3 is 0 Å². The lowest BCUT2D eigenvalue weighted by molar-refractivity contribution is -0.121. The molecule has 1 spiro atoms. The van der Waals surface area contributed by atoms with Crippen molar-refractivity contribution in [2.24, 2.45) is 34.4 Å². The average molecular weight is 1040 g/mol. The second-order valence-electron chi connectivity index (χ2n) is 21.4. The summed E-state index contributed by atoms with van der Waals surface area (Å²) in [5, 5.41) is 52.9. The summed E-state index contributed by atoms with van der Waals surface area (Å²) in [4.78, 5) is 18.3. The Bertz CT molecular complexity index is 2800. The summed E-state index contributed by atoms with van der Waals surface area (Å²) in [6, 6.07) is 21.5. The topological polar surface area (TPSA) is 188 Å². The normalized spacial score (nSPS) is 26.5. The SMILES string of the molecule is COc1c(O)ccc2c1C#CCc1cc(c3c4c1OCN[C@@]1(CC#C[C@H]5NC(N)=N[C@H](C(C)C)CSSC[C@H]5[C@H](C3)[C@H](O)O4)CCC[C@H](Cc3cc(O)cc(CCc4ccccc4)c3)C1)CC[C@@H](O)CC(=O)CC2.